The molecule has 3 aromatic rings. The van der Waals surface area contributed by atoms with Gasteiger partial charge in [0.15, 0.2) is 5.11 Å². The molecule has 0 aromatic heterocycles. The topological polar surface area (TPSA) is 33.3 Å². The van der Waals surface area contributed by atoms with Crippen LogP contribution in [0.1, 0.15) is 36.5 Å². The molecule has 0 aliphatic carbocycles. The second-order valence-electron chi connectivity index (χ2n) is 7.14. The molecule has 3 rings (SSSR count). The van der Waals surface area contributed by atoms with E-state index in [-0.39, 0.29) is 5.82 Å². The Kier molecular flexibility index (Phi) is 7.19. The Balaban J connectivity index is 1.44. The van der Waals surface area contributed by atoms with Gasteiger partial charge in [-0.3, -0.25) is 0 Å². The van der Waals surface area contributed by atoms with Crippen LogP contribution in [0.5, 0.6) is 5.75 Å². The highest BCUT2D eigenvalue weighted by molar-refractivity contribution is 7.80. The third kappa shape index (κ3) is 6.57. The number of halogens is 1. The fraction of sp³-hybridized carbons (Fsp3) is 0.208. The van der Waals surface area contributed by atoms with Crippen LogP contribution >= 0.6 is 12.2 Å². The van der Waals surface area contributed by atoms with Crippen molar-refractivity contribution in [3.05, 3.63) is 95.3 Å². The van der Waals surface area contributed by atoms with Gasteiger partial charge in [-0.05, 0) is 71.2 Å². The third-order valence-corrected chi connectivity index (χ3v) is 4.78. The minimum absolute atomic E-state index is 0.245. The zero-order chi connectivity index (χ0) is 20.6. The number of benzene rings is 3. The third-order valence-electron chi connectivity index (χ3n) is 4.53. The lowest BCUT2D eigenvalue weighted by atomic mass is 10.0. The molecule has 0 atom stereocenters. The van der Waals surface area contributed by atoms with E-state index in [2.05, 4.69) is 36.6 Å². The van der Waals surface area contributed by atoms with Crippen molar-refractivity contribution in [2.24, 2.45) is 0 Å². The van der Waals surface area contributed by atoms with Crippen LogP contribution < -0.4 is 15.4 Å². The standard InChI is InChI=1S/C24H25FN2OS/c1-17(2)20-7-11-22(12-8-20)27-24(29)26-15-18-5-13-23(14-6-18)28-16-19-3-9-21(25)10-4-19/h3-14,17H,15-16H2,1-2H3,(H2,26,27,29). The minimum atomic E-state index is -0.245. The second kappa shape index (κ2) is 10.0. The molecule has 2 N–H and O–H groups in total. The molecule has 0 fully saturated rings. The van der Waals surface area contributed by atoms with Crippen molar-refractivity contribution in [3.63, 3.8) is 0 Å². The van der Waals surface area contributed by atoms with Crippen LogP contribution in [0.3, 0.4) is 0 Å². The lowest BCUT2D eigenvalue weighted by Crippen LogP contribution is -2.27. The largest absolute Gasteiger partial charge is 0.489 e. The first kappa shape index (κ1) is 20.8. The van der Waals surface area contributed by atoms with Gasteiger partial charge < -0.3 is 15.4 Å². The number of thiocarbonyl (C=S) groups is 1. The zero-order valence-corrected chi connectivity index (χ0v) is 17.4. The summed E-state index contributed by atoms with van der Waals surface area (Å²) in [6.45, 7) is 5.37. The van der Waals surface area contributed by atoms with Crippen molar-refractivity contribution < 1.29 is 9.13 Å². The zero-order valence-electron chi connectivity index (χ0n) is 16.6. The van der Waals surface area contributed by atoms with Crippen molar-refractivity contribution in [1.29, 1.82) is 0 Å². The highest BCUT2D eigenvalue weighted by Gasteiger charge is 2.02. The fourth-order valence-corrected chi connectivity index (χ4v) is 2.95. The van der Waals surface area contributed by atoms with E-state index in [9.17, 15) is 4.39 Å². The molecule has 29 heavy (non-hydrogen) atoms. The van der Waals surface area contributed by atoms with Gasteiger partial charge >= 0.3 is 0 Å². The Morgan fingerprint density at radius 2 is 1.52 bits per heavy atom. The number of anilines is 1. The highest BCUT2D eigenvalue weighted by Crippen LogP contribution is 2.17. The first-order valence-corrected chi connectivity index (χ1v) is 10.0. The molecular weight excluding hydrogens is 383 g/mol. The monoisotopic (exact) mass is 408 g/mol. The van der Waals surface area contributed by atoms with Crippen LogP contribution in [-0.2, 0) is 13.2 Å². The van der Waals surface area contributed by atoms with Crippen LogP contribution in [0.15, 0.2) is 72.8 Å². The van der Waals surface area contributed by atoms with Gasteiger partial charge in [-0.2, -0.15) is 0 Å². The van der Waals surface area contributed by atoms with Crippen LogP contribution in [0.25, 0.3) is 0 Å². The van der Waals surface area contributed by atoms with Gasteiger partial charge in [0.2, 0.25) is 0 Å². The van der Waals surface area contributed by atoms with Crippen LogP contribution in [0.2, 0.25) is 0 Å². The highest BCUT2D eigenvalue weighted by atomic mass is 32.1. The van der Waals surface area contributed by atoms with Crippen LogP contribution in [0.4, 0.5) is 10.1 Å². The summed E-state index contributed by atoms with van der Waals surface area (Å²) in [6, 6.07) is 22.4. The summed E-state index contributed by atoms with van der Waals surface area (Å²) in [6.07, 6.45) is 0. The molecule has 0 saturated heterocycles. The Morgan fingerprint density at radius 3 is 2.14 bits per heavy atom. The summed E-state index contributed by atoms with van der Waals surface area (Å²) in [5.74, 6) is 1.03. The smallest absolute Gasteiger partial charge is 0.171 e. The fourth-order valence-electron chi connectivity index (χ4n) is 2.76. The quantitative estimate of drug-likeness (QED) is 0.469. The van der Waals surface area contributed by atoms with E-state index in [4.69, 9.17) is 17.0 Å². The second-order valence-corrected chi connectivity index (χ2v) is 7.55. The Bertz CT molecular complexity index is 923. The summed E-state index contributed by atoms with van der Waals surface area (Å²) < 4.78 is 18.7. The van der Waals surface area contributed by atoms with E-state index in [0.29, 0.717) is 24.2 Å². The Hall–Kier alpha value is -2.92. The van der Waals surface area contributed by atoms with Crippen molar-refractivity contribution in [2.45, 2.75) is 32.9 Å². The van der Waals surface area contributed by atoms with Gasteiger partial charge in [0.1, 0.15) is 18.2 Å². The summed E-state index contributed by atoms with van der Waals surface area (Å²) in [4.78, 5) is 0. The lowest BCUT2D eigenvalue weighted by Gasteiger charge is -2.12. The molecule has 5 heteroatoms. The molecule has 150 valence electrons. The maximum absolute atomic E-state index is 12.9. The molecule has 0 amide bonds. The average molecular weight is 409 g/mol. The molecule has 0 aliphatic rings. The predicted molar refractivity (Wildman–Crippen MR) is 121 cm³/mol. The number of hydrogen-bond acceptors (Lipinski definition) is 2. The summed E-state index contributed by atoms with van der Waals surface area (Å²) >= 11 is 5.38. The predicted octanol–water partition coefficient (Wildman–Crippen LogP) is 6.01. The molecule has 0 saturated carbocycles. The number of ether oxygens (including phenoxy) is 1. The van der Waals surface area contributed by atoms with E-state index in [1.165, 1.54) is 17.7 Å². The van der Waals surface area contributed by atoms with Crippen LogP contribution in [0, 0.1) is 5.82 Å². The minimum Gasteiger partial charge on any atom is -0.489 e. The van der Waals surface area contributed by atoms with Gasteiger partial charge in [-0.25, -0.2) is 4.39 Å². The van der Waals surface area contributed by atoms with Crippen molar-refractivity contribution in [3.8, 4) is 5.75 Å². The Morgan fingerprint density at radius 1 is 0.897 bits per heavy atom. The lowest BCUT2D eigenvalue weighted by molar-refractivity contribution is 0.306. The molecule has 0 unspecified atom stereocenters. The summed E-state index contributed by atoms with van der Waals surface area (Å²) in [7, 11) is 0. The average Bonchev–Trinajstić information content (AvgIpc) is 2.73. The Labute approximate surface area is 176 Å². The van der Waals surface area contributed by atoms with Gasteiger partial charge in [0.05, 0.1) is 0 Å². The van der Waals surface area contributed by atoms with E-state index >= 15 is 0 Å². The molecule has 3 aromatic carbocycles. The number of rotatable bonds is 7. The normalized spacial score (nSPS) is 10.6. The summed E-state index contributed by atoms with van der Waals surface area (Å²) in [5.41, 5.74) is 4.29. The molecule has 0 radical (unpaired) electrons. The maximum atomic E-state index is 12.9. The molecule has 0 heterocycles. The molecular formula is C24H25FN2OS. The van der Waals surface area contributed by atoms with Crippen molar-refractivity contribution >= 4 is 23.0 Å². The van der Waals surface area contributed by atoms with Crippen molar-refractivity contribution in [1.82, 2.24) is 5.32 Å². The number of nitrogens with one attached hydrogen (secondary N) is 2. The summed E-state index contributed by atoms with van der Waals surface area (Å²) in [5, 5.41) is 6.99. The van der Waals surface area contributed by atoms with E-state index in [1.54, 1.807) is 12.1 Å². The van der Waals surface area contributed by atoms with E-state index < -0.39 is 0 Å². The first-order valence-electron chi connectivity index (χ1n) is 9.60. The van der Waals surface area contributed by atoms with Crippen LogP contribution in [-0.4, -0.2) is 5.11 Å². The van der Waals surface area contributed by atoms with E-state index in [1.807, 2.05) is 36.4 Å². The van der Waals surface area contributed by atoms with Gasteiger partial charge in [0, 0.05) is 12.2 Å². The molecule has 0 spiro atoms. The van der Waals surface area contributed by atoms with Gasteiger partial charge in [0.25, 0.3) is 0 Å². The SMILES string of the molecule is CC(C)c1ccc(NC(=S)NCc2ccc(OCc3ccc(F)cc3)cc2)cc1. The maximum Gasteiger partial charge on any atom is 0.171 e. The van der Waals surface area contributed by atoms with Gasteiger partial charge in [-0.1, -0.05) is 50.2 Å². The molecule has 0 aliphatic heterocycles. The van der Waals surface area contributed by atoms with Crippen molar-refractivity contribution in [2.75, 3.05) is 5.32 Å². The first-order chi connectivity index (χ1) is 14.0. The molecule has 3 nitrogen and oxygen atoms in total. The number of hydrogen-bond donors (Lipinski definition) is 2. The molecule has 0 bridgehead atoms. The van der Waals surface area contributed by atoms with Gasteiger partial charge in [-0.15, -0.1) is 0 Å². The van der Waals surface area contributed by atoms with E-state index in [0.717, 1.165) is 22.6 Å².